The summed E-state index contributed by atoms with van der Waals surface area (Å²) in [6.45, 7) is 2.65. The van der Waals surface area contributed by atoms with Gasteiger partial charge in [-0.1, -0.05) is 31.4 Å². The lowest BCUT2D eigenvalue weighted by molar-refractivity contribution is -0.128. The Kier molecular flexibility index (Phi) is 4.97. The van der Waals surface area contributed by atoms with E-state index in [0.717, 1.165) is 36.3 Å². The fourth-order valence-corrected chi connectivity index (χ4v) is 6.42. The number of hydrogen-bond acceptors (Lipinski definition) is 3. The van der Waals surface area contributed by atoms with Gasteiger partial charge in [0.15, 0.2) is 5.78 Å². The number of carbonyl (C=O) groups is 1. The molecule has 0 atom stereocenters. The maximum Gasteiger partial charge on any atom is 0.154 e. The SMILES string of the molecule is CCCCCCc1cn(CC(=O)CC23CC4CC(CC(C4)C2)C3)nn1. The number of nitrogens with zero attached hydrogens (tertiary/aromatic N) is 3. The fraction of sp³-hybridized carbons (Fsp3) is 0.857. The molecule has 0 unspecified atom stereocenters. The molecule has 4 fully saturated rings. The summed E-state index contributed by atoms with van der Waals surface area (Å²) in [7, 11) is 0. The topological polar surface area (TPSA) is 47.8 Å². The van der Waals surface area contributed by atoms with E-state index < -0.39 is 0 Å². The van der Waals surface area contributed by atoms with E-state index in [-0.39, 0.29) is 0 Å². The molecule has 4 bridgehead atoms. The molecular formula is C21H33N3O. The molecule has 0 amide bonds. The van der Waals surface area contributed by atoms with Crippen molar-refractivity contribution in [3.63, 3.8) is 0 Å². The molecule has 0 saturated heterocycles. The predicted molar refractivity (Wildman–Crippen MR) is 98.1 cm³/mol. The van der Waals surface area contributed by atoms with Gasteiger partial charge in [0.1, 0.15) is 6.54 Å². The third kappa shape index (κ3) is 3.98. The second-order valence-corrected chi connectivity index (χ2v) is 9.35. The Bertz CT molecular complexity index is 571. The molecular weight excluding hydrogens is 310 g/mol. The zero-order valence-corrected chi connectivity index (χ0v) is 15.8. The maximum absolute atomic E-state index is 12.7. The zero-order valence-electron chi connectivity index (χ0n) is 15.8. The number of rotatable bonds is 9. The van der Waals surface area contributed by atoms with Crippen LogP contribution in [0.2, 0.25) is 0 Å². The molecule has 1 aromatic heterocycles. The van der Waals surface area contributed by atoms with Gasteiger partial charge in [0.25, 0.3) is 0 Å². The Morgan fingerprint density at radius 1 is 1.12 bits per heavy atom. The zero-order chi connectivity index (χ0) is 17.3. The summed E-state index contributed by atoms with van der Waals surface area (Å²) in [5.41, 5.74) is 1.38. The highest BCUT2D eigenvalue weighted by Crippen LogP contribution is 2.61. The number of ketones is 1. The Balaban J connectivity index is 1.29. The van der Waals surface area contributed by atoms with E-state index >= 15 is 0 Å². The van der Waals surface area contributed by atoms with Gasteiger partial charge in [-0.2, -0.15) is 0 Å². The Morgan fingerprint density at radius 2 is 1.80 bits per heavy atom. The first-order chi connectivity index (χ1) is 12.1. The average Bonchev–Trinajstić information content (AvgIpc) is 2.97. The van der Waals surface area contributed by atoms with Crippen molar-refractivity contribution in [3.8, 4) is 0 Å². The lowest BCUT2D eigenvalue weighted by atomic mass is 9.48. The van der Waals surface area contributed by atoms with Crippen molar-refractivity contribution in [2.45, 2.75) is 90.5 Å². The molecule has 25 heavy (non-hydrogen) atoms. The van der Waals surface area contributed by atoms with Crippen molar-refractivity contribution < 1.29 is 4.79 Å². The molecule has 0 aromatic carbocycles. The number of carbonyl (C=O) groups excluding carboxylic acids is 1. The second-order valence-electron chi connectivity index (χ2n) is 9.35. The molecule has 0 aliphatic heterocycles. The first-order valence-electron chi connectivity index (χ1n) is 10.5. The van der Waals surface area contributed by atoms with Gasteiger partial charge in [-0.3, -0.25) is 4.79 Å². The molecule has 4 aliphatic rings. The molecule has 1 aromatic rings. The lowest BCUT2D eigenvalue weighted by Gasteiger charge is -2.56. The summed E-state index contributed by atoms with van der Waals surface area (Å²) in [5, 5.41) is 8.45. The van der Waals surface area contributed by atoms with Crippen LogP contribution in [0.1, 0.15) is 83.2 Å². The molecule has 1 heterocycles. The second kappa shape index (κ2) is 7.20. The molecule has 4 heteroatoms. The van der Waals surface area contributed by atoms with Crippen LogP contribution in [0.25, 0.3) is 0 Å². The number of aromatic nitrogens is 3. The molecule has 0 radical (unpaired) electrons. The van der Waals surface area contributed by atoms with Gasteiger partial charge in [-0.15, -0.1) is 5.10 Å². The van der Waals surface area contributed by atoms with Crippen LogP contribution in [0.5, 0.6) is 0 Å². The van der Waals surface area contributed by atoms with Gasteiger partial charge in [0.05, 0.1) is 5.69 Å². The highest BCUT2D eigenvalue weighted by atomic mass is 16.1. The first kappa shape index (κ1) is 17.2. The summed E-state index contributed by atoms with van der Waals surface area (Å²) in [4.78, 5) is 12.7. The van der Waals surface area contributed by atoms with Crippen LogP contribution in [-0.2, 0) is 17.8 Å². The molecule has 4 aliphatic carbocycles. The highest BCUT2D eigenvalue weighted by Gasteiger charge is 2.51. The standard InChI is InChI=1S/C21H33N3O/c1-2-3-4-5-6-19-14-24(23-22-19)15-20(25)13-21-10-16-7-17(11-21)9-18(8-16)12-21/h14,16-18H,2-13,15H2,1H3. The molecule has 4 nitrogen and oxygen atoms in total. The van der Waals surface area contributed by atoms with E-state index in [4.69, 9.17) is 0 Å². The summed E-state index contributed by atoms with van der Waals surface area (Å²) < 4.78 is 1.78. The van der Waals surface area contributed by atoms with E-state index in [1.165, 1.54) is 64.2 Å². The van der Waals surface area contributed by atoms with Gasteiger partial charge in [0.2, 0.25) is 0 Å². The van der Waals surface area contributed by atoms with Gasteiger partial charge in [0, 0.05) is 12.6 Å². The van der Waals surface area contributed by atoms with Crippen molar-refractivity contribution in [2.24, 2.45) is 23.2 Å². The number of aryl methyl sites for hydroxylation is 1. The van der Waals surface area contributed by atoms with E-state index in [9.17, 15) is 4.79 Å². The minimum Gasteiger partial charge on any atom is -0.298 e. The van der Waals surface area contributed by atoms with Crippen LogP contribution in [0.3, 0.4) is 0 Å². The highest BCUT2D eigenvalue weighted by molar-refractivity contribution is 5.78. The van der Waals surface area contributed by atoms with Crippen molar-refractivity contribution in [2.75, 3.05) is 0 Å². The van der Waals surface area contributed by atoms with Gasteiger partial charge >= 0.3 is 0 Å². The van der Waals surface area contributed by atoms with E-state index in [1.807, 2.05) is 6.20 Å². The van der Waals surface area contributed by atoms with Gasteiger partial charge < -0.3 is 0 Å². The van der Waals surface area contributed by atoms with Gasteiger partial charge in [-0.25, -0.2) is 4.68 Å². The van der Waals surface area contributed by atoms with Crippen molar-refractivity contribution in [3.05, 3.63) is 11.9 Å². The molecule has 0 spiro atoms. The van der Waals surface area contributed by atoms with Crippen LogP contribution < -0.4 is 0 Å². The minimum absolute atomic E-state index is 0.343. The first-order valence-corrected chi connectivity index (χ1v) is 10.5. The van der Waals surface area contributed by atoms with Crippen molar-refractivity contribution >= 4 is 5.78 Å². The van der Waals surface area contributed by atoms with E-state index in [1.54, 1.807) is 4.68 Å². The third-order valence-corrected chi connectivity index (χ3v) is 6.95. The van der Waals surface area contributed by atoms with Crippen LogP contribution in [-0.4, -0.2) is 20.8 Å². The molecule has 0 N–H and O–H groups in total. The summed E-state index contributed by atoms with van der Waals surface area (Å²) >= 11 is 0. The number of unbranched alkanes of at least 4 members (excludes halogenated alkanes) is 3. The molecule has 4 saturated carbocycles. The fourth-order valence-electron chi connectivity index (χ4n) is 6.42. The Labute approximate surface area is 151 Å². The van der Waals surface area contributed by atoms with Crippen molar-refractivity contribution in [1.82, 2.24) is 15.0 Å². The Hall–Kier alpha value is -1.19. The van der Waals surface area contributed by atoms with Crippen LogP contribution in [0.15, 0.2) is 6.20 Å². The quantitative estimate of drug-likeness (QED) is 0.617. The van der Waals surface area contributed by atoms with E-state index in [2.05, 4.69) is 17.2 Å². The van der Waals surface area contributed by atoms with Crippen LogP contribution in [0, 0.1) is 23.2 Å². The molecule has 138 valence electrons. The van der Waals surface area contributed by atoms with Crippen molar-refractivity contribution in [1.29, 1.82) is 0 Å². The van der Waals surface area contributed by atoms with E-state index in [0.29, 0.717) is 17.7 Å². The third-order valence-electron chi connectivity index (χ3n) is 6.95. The van der Waals surface area contributed by atoms with Crippen LogP contribution in [0.4, 0.5) is 0 Å². The van der Waals surface area contributed by atoms with Gasteiger partial charge in [-0.05, 0) is 74.5 Å². The number of Topliss-reactive ketones (excluding diaryl/α,β-unsaturated/α-hetero) is 1. The normalized spacial score (nSPS) is 33.1. The number of hydrogen-bond donors (Lipinski definition) is 0. The van der Waals surface area contributed by atoms with Crippen LogP contribution >= 0.6 is 0 Å². The average molecular weight is 344 g/mol. The summed E-state index contributed by atoms with van der Waals surface area (Å²) in [6.07, 6.45) is 17.0. The largest absolute Gasteiger partial charge is 0.298 e. The summed E-state index contributed by atoms with van der Waals surface area (Å²) in [5.74, 6) is 3.12. The minimum atomic E-state index is 0.343. The smallest absolute Gasteiger partial charge is 0.154 e. The maximum atomic E-state index is 12.7. The molecule has 5 rings (SSSR count). The lowest BCUT2D eigenvalue weighted by Crippen LogP contribution is -2.47. The monoisotopic (exact) mass is 343 g/mol. The predicted octanol–water partition coefficient (Wildman–Crippen LogP) is 4.58. The summed E-state index contributed by atoms with van der Waals surface area (Å²) in [6, 6.07) is 0. The Morgan fingerprint density at radius 3 is 2.44 bits per heavy atom.